The Labute approximate surface area is 99.7 Å². The highest BCUT2D eigenvalue weighted by Gasteiger charge is 2.14. The fourth-order valence-electron chi connectivity index (χ4n) is 2.00. The Hall–Kier alpha value is -0.860. The molecule has 1 heterocycles. The lowest BCUT2D eigenvalue weighted by Crippen LogP contribution is -2.48. The van der Waals surface area contributed by atoms with Crippen molar-refractivity contribution in [3.05, 3.63) is 35.9 Å². The molecule has 0 radical (unpaired) electrons. The quantitative estimate of drug-likeness (QED) is 0.824. The van der Waals surface area contributed by atoms with Crippen molar-refractivity contribution in [3.63, 3.8) is 0 Å². The zero-order valence-electron chi connectivity index (χ0n) is 10.7. The van der Waals surface area contributed by atoms with Gasteiger partial charge in [-0.15, -0.1) is 0 Å². The molecular weight excluding hydrogens is 196 g/mol. The Bertz CT molecular complexity index is 271. The van der Waals surface area contributed by atoms with Crippen molar-refractivity contribution in [2.24, 2.45) is 0 Å². The van der Waals surface area contributed by atoms with Crippen LogP contribution in [0.25, 0.3) is 0 Å². The Balaban J connectivity index is 0.000000606. The number of benzene rings is 1. The maximum Gasteiger partial charge on any atom is 0.0234 e. The lowest BCUT2D eigenvalue weighted by atomic mass is 10.2. The number of nitrogens with zero attached hydrogens (tertiary/aromatic N) is 1. The average molecular weight is 220 g/mol. The molecule has 1 aliphatic heterocycles. The Morgan fingerprint density at radius 3 is 2.56 bits per heavy atom. The summed E-state index contributed by atoms with van der Waals surface area (Å²) in [7, 11) is 0. The van der Waals surface area contributed by atoms with Crippen LogP contribution in [0, 0.1) is 0 Å². The van der Waals surface area contributed by atoms with E-state index in [1.165, 1.54) is 12.1 Å². The molecule has 0 spiro atoms. The fraction of sp³-hybridized carbons (Fsp3) is 0.571. The lowest BCUT2D eigenvalue weighted by Gasteiger charge is -2.31. The second kappa shape index (κ2) is 7.42. The van der Waals surface area contributed by atoms with Gasteiger partial charge in [0.1, 0.15) is 0 Å². The highest BCUT2D eigenvalue weighted by Crippen LogP contribution is 2.06. The second-order valence-corrected chi connectivity index (χ2v) is 4.08. The molecule has 2 nitrogen and oxygen atoms in total. The van der Waals surface area contributed by atoms with Gasteiger partial charge in [0.2, 0.25) is 0 Å². The molecule has 1 N–H and O–H groups in total. The summed E-state index contributed by atoms with van der Waals surface area (Å²) in [6.45, 7) is 10.8. The van der Waals surface area contributed by atoms with Crippen LogP contribution in [0.4, 0.5) is 0 Å². The highest BCUT2D eigenvalue weighted by molar-refractivity contribution is 5.14. The van der Waals surface area contributed by atoms with E-state index in [0.29, 0.717) is 6.04 Å². The monoisotopic (exact) mass is 220 g/mol. The van der Waals surface area contributed by atoms with Gasteiger partial charge in [0.25, 0.3) is 0 Å². The molecule has 0 amide bonds. The van der Waals surface area contributed by atoms with E-state index < -0.39 is 0 Å². The highest BCUT2D eigenvalue weighted by atomic mass is 15.2. The standard InChI is InChI=1S/C12H18N2.C2H6/c1-11-9-14(8-7-13-11)10-12-5-3-2-4-6-12;1-2/h2-6,11,13H,7-10H2,1H3;1-2H3. The average Bonchev–Trinajstić information content (AvgIpc) is 2.33. The van der Waals surface area contributed by atoms with E-state index in [1.807, 2.05) is 13.8 Å². The van der Waals surface area contributed by atoms with E-state index in [0.717, 1.165) is 19.6 Å². The van der Waals surface area contributed by atoms with E-state index in [1.54, 1.807) is 0 Å². The molecule has 1 aliphatic rings. The summed E-state index contributed by atoms with van der Waals surface area (Å²) in [5.41, 5.74) is 1.42. The summed E-state index contributed by atoms with van der Waals surface area (Å²) in [4.78, 5) is 2.51. The first kappa shape index (κ1) is 13.2. The van der Waals surface area contributed by atoms with Gasteiger partial charge in [-0.2, -0.15) is 0 Å². The molecule has 2 rings (SSSR count). The molecule has 1 aromatic carbocycles. The topological polar surface area (TPSA) is 15.3 Å². The van der Waals surface area contributed by atoms with Crippen LogP contribution in [-0.4, -0.2) is 30.6 Å². The van der Waals surface area contributed by atoms with Gasteiger partial charge in [-0.25, -0.2) is 0 Å². The smallest absolute Gasteiger partial charge is 0.0234 e. The first-order valence-corrected chi connectivity index (χ1v) is 6.34. The van der Waals surface area contributed by atoms with Crippen LogP contribution in [0.3, 0.4) is 0 Å². The Morgan fingerprint density at radius 1 is 1.25 bits per heavy atom. The molecular formula is C14H24N2. The molecule has 90 valence electrons. The summed E-state index contributed by atoms with van der Waals surface area (Å²) in [5.74, 6) is 0. The predicted octanol–water partition coefficient (Wildman–Crippen LogP) is 2.51. The van der Waals surface area contributed by atoms with Crippen LogP contribution < -0.4 is 5.32 Å². The normalized spacial score (nSPS) is 21.1. The minimum atomic E-state index is 0.632. The summed E-state index contributed by atoms with van der Waals surface area (Å²) in [6.07, 6.45) is 0. The van der Waals surface area contributed by atoms with Crippen molar-refractivity contribution in [2.45, 2.75) is 33.4 Å². The molecule has 0 aromatic heterocycles. The van der Waals surface area contributed by atoms with Crippen LogP contribution in [0.2, 0.25) is 0 Å². The molecule has 1 unspecified atom stereocenters. The lowest BCUT2D eigenvalue weighted by molar-refractivity contribution is 0.199. The molecule has 1 saturated heterocycles. The van der Waals surface area contributed by atoms with Crippen LogP contribution in [-0.2, 0) is 6.54 Å². The van der Waals surface area contributed by atoms with E-state index in [9.17, 15) is 0 Å². The van der Waals surface area contributed by atoms with Gasteiger partial charge >= 0.3 is 0 Å². The molecule has 1 atom stereocenters. The Morgan fingerprint density at radius 2 is 1.94 bits per heavy atom. The third-order valence-corrected chi connectivity index (χ3v) is 2.70. The van der Waals surface area contributed by atoms with Gasteiger partial charge in [-0.1, -0.05) is 44.2 Å². The van der Waals surface area contributed by atoms with Crippen LogP contribution in [0.5, 0.6) is 0 Å². The van der Waals surface area contributed by atoms with Gasteiger partial charge in [-0.3, -0.25) is 4.90 Å². The molecule has 2 heteroatoms. The van der Waals surface area contributed by atoms with Gasteiger partial charge in [0, 0.05) is 32.2 Å². The summed E-state index contributed by atoms with van der Waals surface area (Å²) in [5, 5.41) is 3.46. The van der Waals surface area contributed by atoms with Gasteiger partial charge in [0.05, 0.1) is 0 Å². The molecule has 16 heavy (non-hydrogen) atoms. The third-order valence-electron chi connectivity index (χ3n) is 2.70. The SMILES string of the molecule is CC.CC1CN(Cc2ccccc2)CCN1. The van der Waals surface area contributed by atoms with Crippen molar-refractivity contribution < 1.29 is 0 Å². The number of rotatable bonds is 2. The van der Waals surface area contributed by atoms with Crippen molar-refractivity contribution in [1.29, 1.82) is 0 Å². The molecule has 0 saturated carbocycles. The van der Waals surface area contributed by atoms with Crippen molar-refractivity contribution in [3.8, 4) is 0 Å². The van der Waals surface area contributed by atoms with Gasteiger partial charge < -0.3 is 5.32 Å². The summed E-state index contributed by atoms with van der Waals surface area (Å²) >= 11 is 0. The first-order chi connectivity index (χ1) is 7.84. The van der Waals surface area contributed by atoms with Crippen LogP contribution in [0.1, 0.15) is 26.3 Å². The maximum atomic E-state index is 3.46. The minimum Gasteiger partial charge on any atom is -0.312 e. The predicted molar refractivity (Wildman–Crippen MR) is 70.5 cm³/mol. The fourth-order valence-corrected chi connectivity index (χ4v) is 2.00. The van der Waals surface area contributed by atoms with E-state index >= 15 is 0 Å². The van der Waals surface area contributed by atoms with Crippen molar-refractivity contribution in [1.82, 2.24) is 10.2 Å². The molecule has 0 bridgehead atoms. The number of hydrogen-bond donors (Lipinski definition) is 1. The van der Waals surface area contributed by atoms with Gasteiger partial charge in [0.15, 0.2) is 0 Å². The van der Waals surface area contributed by atoms with Crippen LogP contribution >= 0.6 is 0 Å². The minimum absolute atomic E-state index is 0.632. The second-order valence-electron chi connectivity index (χ2n) is 4.08. The maximum absolute atomic E-state index is 3.46. The number of piperazine rings is 1. The molecule has 0 aliphatic carbocycles. The van der Waals surface area contributed by atoms with Crippen molar-refractivity contribution in [2.75, 3.05) is 19.6 Å². The molecule has 1 aromatic rings. The van der Waals surface area contributed by atoms with E-state index in [4.69, 9.17) is 0 Å². The third kappa shape index (κ3) is 4.33. The van der Waals surface area contributed by atoms with E-state index in [2.05, 4.69) is 47.5 Å². The van der Waals surface area contributed by atoms with E-state index in [-0.39, 0.29) is 0 Å². The largest absolute Gasteiger partial charge is 0.312 e. The zero-order valence-corrected chi connectivity index (χ0v) is 10.7. The number of hydrogen-bond acceptors (Lipinski definition) is 2. The number of nitrogens with one attached hydrogen (secondary N) is 1. The first-order valence-electron chi connectivity index (χ1n) is 6.34. The van der Waals surface area contributed by atoms with Crippen LogP contribution in [0.15, 0.2) is 30.3 Å². The summed E-state index contributed by atoms with van der Waals surface area (Å²) < 4.78 is 0. The summed E-state index contributed by atoms with van der Waals surface area (Å²) in [6, 6.07) is 11.3. The molecule has 1 fully saturated rings. The van der Waals surface area contributed by atoms with Gasteiger partial charge in [-0.05, 0) is 12.5 Å². The Kier molecular flexibility index (Phi) is 6.12. The van der Waals surface area contributed by atoms with Crippen molar-refractivity contribution >= 4 is 0 Å². The zero-order chi connectivity index (χ0) is 11.8.